The van der Waals surface area contributed by atoms with Gasteiger partial charge in [-0.1, -0.05) is 6.92 Å². The number of aliphatic hydroxyl groups is 1. The normalized spacial score (nSPS) is 12.7. The van der Waals surface area contributed by atoms with Crippen molar-refractivity contribution in [2.75, 3.05) is 0 Å². The van der Waals surface area contributed by atoms with Crippen molar-refractivity contribution >= 4 is 0 Å². The molecule has 0 amide bonds. The molecule has 2 heterocycles. The molecule has 5 nitrogen and oxygen atoms in total. The van der Waals surface area contributed by atoms with Crippen LogP contribution in [0.25, 0.3) is 0 Å². The third-order valence-electron chi connectivity index (χ3n) is 2.83. The molecule has 2 rings (SSSR count). The van der Waals surface area contributed by atoms with Gasteiger partial charge >= 0.3 is 0 Å². The van der Waals surface area contributed by atoms with E-state index in [0.29, 0.717) is 29.7 Å². The van der Waals surface area contributed by atoms with Crippen molar-refractivity contribution in [1.29, 1.82) is 0 Å². The fourth-order valence-corrected chi connectivity index (χ4v) is 1.65. The van der Waals surface area contributed by atoms with E-state index in [1.165, 1.54) is 0 Å². The minimum Gasteiger partial charge on any atom is -0.452 e. The second kappa shape index (κ2) is 5.84. The lowest BCUT2D eigenvalue weighted by atomic mass is 10.2. The first-order valence-electron chi connectivity index (χ1n) is 6.46. The molecule has 0 aliphatic heterocycles. The lowest BCUT2D eigenvalue weighted by Gasteiger charge is -2.08. The largest absolute Gasteiger partial charge is 0.452 e. The zero-order valence-electron chi connectivity index (χ0n) is 11.4. The van der Waals surface area contributed by atoms with Gasteiger partial charge in [0.05, 0.1) is 30.4 Å². The Balaban J connectivity index is 2.06. The van der Waals surface area contributed by atoms with Crippen LogP contribution in [0.4, 0.5) is 0 Å². The van der Waals surface area contributed by atoms with E-state index in [1.807, 2.05) is 17.8 Å². The average molecular weight is 261 g/mol. The number of rotatable bonds is 5. The Morgan fingerprint density at radius 2 is 2.05 bits per heavy atom. The predicted molar refractivity (Wildman–Crippen MR) is 72.2 cm³/mol. The number of pyridine rings is 1. The van der Waals surface area contributed by atoms with Gasteiger partial charge in [-0.25, -0.2) is 0 Å². The Bertz CT molecular complexity index is 520. The first-order chi connectivity index (χ1) is 9.10. The van der Waals surface area contributed by atoms with Gasteiger partial charge in [0.2, 0.25) is 0 Å². The van der Waals surface area contributed by atoms with Gasteiger partial charge < -0.3 is 9.84 Å². The number of hydrogen-bond acceptors (Lipinski definition) is 4. The van der Waals surface area contributed by atoms with Crippen LogP contribution in [0.5, 0.6) is 11.5 Å². The van der Waals surface area contributed by atoms with E-state index >= 15 is 0 Å². The van der Waals surface area contributed by atoms with E-state index in [9.17, 15) is 5.11 Å². The fourth-order valence-electron chi connectivity index (χ4n) is 1.65. The van der Waals surface area contributed by atoms with Gasteiger partial charge in [0.15, 0.2) is 5.75 Å². The van der Waals surface area contributed by atoms with Crippen LogP contribution >= 0.6 is 0 Å². The minimum atomic E-state index is -0.516. The highest BCUT2D eigenvalue weighted by atomic mass is 16.5. The lowest BCUT2D eigenvalue weighted by Crippen LogP contribution is -1.99. The summed E-state index contributed by atoms with van der Waals surface area (Å²) in [4.78, 5) is 4.19. The van der Waals surface area contributed by atoms with E-state index in [-0.39, 0.29) is 0 Å². The molecule has 5 heteroatoms. The van der Waals surface area contributed by atoms with Crippen LogP contribution in [-0.4, -0.2) is 19.9 Å². The fraction of sp³-hybridized carbons (Fsp3) is 0.429. The number of ether oxygens (including phenoxy) is 1. The molecule has 2 aromatic heterocycles. The van der Waals surface area contributed by atoms with Crippen molar-refractivity contribution < 1.29 is 9.84 Å². The maximum atomic E-state index is 9.66. The zero-order chi connectivity index (χ0) is 13.8. The highest BCUT2D eigenvalue weighted by molar-refractivity contribution is 5.27. The predicted octanol–water partition coefficient (Wildman–Crippen LogP) is 3.09. The second-order valence-electron chi connectivity index (χ2n) is 4.69. The van der Waals surface area contributed by atoms with Crippen molar-refractivity contribution in [3.8, 4) is 11.5 Å². The SMILES string of the molecule is CC[C@H](O)c1ccc(Oc2cnn(C(C)C)c2)cn1. The summed E-state index contributed by atoms with van der Waals surface area (Å²) in [6.45, 7) is 6.02. The van der Waals surface area contributed by atoms with Crippen molar-refractivity contribution in [3.05, 3.63) is 36.4 Å². The van der Waals surface area contributed by atoms with Gasteiger partial charge in [-0.2, -0.15) is 5.10 Å². The second-order valence-corrected chi connectivity index (χ2v) is 4.69. The third-order valence-corrected chi connectivity index (χ3v) is 2.83. The molecule has 1 atom stereocenters. The molecule has 19 heavy (non-hydrogen) atoms. The van der Waals surface area contributed by atoms with E-state index < -0.39 is 6.10 Å². The molecule has 0 aromatic carbocycles. The Kier molecular flexibility index (Phi) is 4.16. The van der Waals surface area contributed by atoms with Crippen LogP contribution in [0.2, 0.25) is 0 Å². The van der Waals surface area contributed by atoms with Crippen LogP contribution in [0.1, 0.15) is 45.0 Å². The number of nitrogens with zero attached hydrogens (tertiary/aromatic N) is 3. The lowest BCUT2D eigenvalue weighted by molar-refractivity contribution is 0.169. The van der Waals surface area contributed by atoms with E-state index in [4.69, 9.17) is 4.74 Å². The quantitative estimate of drug-likeness (QED) is 0.898. The Hall–Kier alpha value is -1.88. The molecule has 0 saturated carbocycles. The van der Waals surface area contributed by atoms with Gasteiger partial charge in [0.1, 0.15) is 5.75 Å². The van der Waals surface area contributed by atoms with Crippen LogP contribution in [0.15, 0.2) is 30.7 Å². The molecule has 0 saturated heterocycles. The van der Waals surface area contributed by atoms with Gasteiger partial charge in [-0.3, -0.25) is 9.67 Å². The van der Waals surface area contributed by atoms with Crippen molar-refractivity contribution in [3.63, 3.8) is 0 Å². The van der Waals surface area contributed by atoms with Crippen LogP contribution in [-0.2, 0) is 0 Å². The first-order valence-corrected chi connectivity index (χ1v) is 6.46. The molecule has 1 N–H and O–H groups in total. The molecule has 0 fully saturated rings. The zero-order valence-corrected chi connectivity index (χ0v) is 11.4. The minimum absolute atomic E-state index is 0.303. The standard InChI is InChI=1S/C14H19N3O2/c1-4-14(18)13-6-5-11(7-15-13)19-12-8-16-17(9-12)10(2)3/h5-10,14,18H,4H2,1-3H3/t14-/m0/s1. The molecule has 0 unspecified atom stereocenters. The maximum absolute atomic E-state index is 9.66. The van der Waals surface area contributed by atoms with E-state index in [2.05, 4.69) is 23.9 Å². The van der Waals surface area contributed by atoms with Crippen LogP contribution in [0, 0.1) is 0 Å². The highest BCUT2D eigenvalue weighted by Crippen LogP contribution is 2.22. The Morgan fingerprint density at radius 3 is 2.58 bits per heavy atom. The van der Waals surface area contributed by atoms with E-state index in [0.717, 1.165) is 0 Å². The summed E-state index contributed by atoms with van der Waals surface area (Å²) in [5.74, 6) is 1.31. The maximum Gasteiger partial charge on any atom is 0.165 e. The van der Waals surface area contributed by atoms with Gasteiger partial charge in [0, 0.05) is 6.04 Å². The summed E-state index contributed by atoms with van der Waals surface area (Å²) in [5, 5.41) is 13.9. The number of aliphatic hydroxyl groups excluding tert-OH is 1. The van der Waals surface area contributed by atoms with Gasteiger partial charge in [-0.05, 0) is 32.4 Å². The topological polar surface area (TPSA) is 60.2 Å². The molecule has 0 radical (unpaired) electrons. The van der Waals surface area contributed by atoms with Gasteiger partial charge in [-0.15, -0.1) is 0 Å². The molecule has 102 valence electrons. The number of hydrogen-bond donors (Lipinski definition) is 1. The summed E-state index contributed by atoms with van der Waals surface area (Å²) in [7, 11) is 0. The molecular formula is C14H19N3O2. The van der Waals surface area contributed by atoms with Crippen LogP contribution < -0.4 is 4.74 Å². The van der Waals surface area contributed by atoms with Crippen molar-refractivity contribution in [2.45, 2.75) is 39.3 Å². The van der Waals surface area contributed by atoms with Crippen LogP contribution in [0.3, 0.4) is 0 Å². The molecule has 0 bridgehead atoms. The van der Waals surface area contributed by atoms with Crippen molar-refractivity contribution in [2.24, 2.45) is 0 Å². The summed E-state index contributed by atoms with van der Waals surface area (Å²) < 4.78 is 7.48. The molecule has 0 aliphatic carbocycles. The third kappa shape index (κ3) is 3.32. The number of aromatic nitrogens is 3. The summed E-state index contributed by atoms with van der Waals surface area (Å²) in [6.07, 6.45) is 5.27. The molecule has 0 aliphatic rings. The van der Waals surface area contributed by atoms with Gasteiger partial charge in [0.25, 0.3) is 0 Å². The Morgan fingerprint density at radius 1 is 1.26 bits per heavy atom. The smallest absolute Gasteiger partial charge is 0.165 e. The monoisotopic (exact) mass is 261 g/mol. The summed E-state index contributed by atoms with van der Waals surface area (Å²) in [5.41, 5.74) is 0.660. The first kappa shape index (κ1) is 13.5. The Labute approximate surface area is 112 Å². The summed E-state index contributed by atoms with van der Waals surface area (Å²) >= 11 is 0. The highest BCUT2D eigenvalue weighted by Gasteiger charge is 2.07. The molecular weight excluding hydrogens is 242 g/mol. The molecule has 2 aromatic rings. The van der Waals surface area contributed by atoms with Crippen molar-refractivity contribution in [1.82, 2.24) is 14.8 Å². The summed E-state index contributed by atoms with van der Waals surface area (Å²) in [6, 6.07) is 3.88. The molecule has 0 spiro atoms. The average Bonchev–Trinajstić information content (AvgIpc) is 2.87. The van der Waals surface area contributed by atoms with E-state index in [1.54, 1.807) is 24.5 Å².